The van der Waals surface area contributed by atoms with Crippen LogP contribution < -0.4 is 5.32 Å². The van der Waals surface area contributed by atoms with Gasteiger partial charge >= 0.3 is 0 Å². The first-order chi connectivity index (χ1) is 15.3. The molecule has 31 heavy (non-hydrogen) atoms. The molecule has 2 fully saturated rings. The lowest BCUT2D eigenvalue weighted by Gasteiger charge is -2.31. The molecule has 3 aromatic rings. The lowest BCUT2D eigenvalue weighted by Crippen LogP contribution is -2.33. The normalized spacial score (nSPS) is 20.0. The van der Waals surface area contributed by atoms with Crippen LogP contribution in [0.1, 0.15) is 67.4 Å². The zero-order valence-electron chi connectivity index (χ0n) is 17.6. The Balaban J connectivity index is 1.19. The summed E-state index contributed by atoms with van der Waals surface area (Å²) >= 11 is 1.62. The van der Waals surface area contributed by atoms with Crippen molar-refractivity contribution >= 4 is 22.2 Å². The van der Waals surface area contributed by atoms with Gasteiger partial charge in [0.1, 0.15) is 11.8 Å². The van der Waals surface area contributed by atoms with E-state index in [9.17, 15) is 0 Å². The summed E-state index contributed by atoms with van der Waals surface area (Å²) in [5.74, 6) is 0.463. The molecule has 2 aliphatic rings. The molecule has 1 unspecified atom stereocenters. The van der Waals surface area contributed by atoms with E-state index in [4.69, 9.17) is 10.2 Å². The summed E-state index contributed by atoms with van der Waals surface area (Å²) in [7, 11) is 0. The summed E-state index contributed by atoms with van der Waals surface area (Å²) < 4.78 is 2.19. The number of thiazole rings is 1. The van der Waals surface area contributed by atoms with Gasteiger partial charge in [0.2, 0.25) is 0 Å². The maximum absolute atomic E-state index is 8.88. The van der Waals surface area contributed by atoms with E-state index in [1.165, 1.54) is 49.8 Å². The number of pyridine rings is 1. The maximum Gasteiger partial charge on any atom is 0.187 e. The van der Waals surface area contributed by atoms with Crippen LogP contribution in [0.3, 0.4) is 0 Å². The fourth-order valence-electron chi connectivity index (χ4n) is 4.71. The fraction of sp³-hybridized carbons (Fsp3) is 0.478. The highest BCUT2D eigenvalue weighted by Gasteiger charge is 2.24. The van der Waals surface area contributed by atoms with Crippen LogP contribution in [0.5, 0.6) is 0 Å². The molecule has 8 heteroatoms. The van der Waals surface area contributed by atoms with Gasteiger partial charge in [-0.3, -0.25) is 9.58 Å². The highest BCUT2D eigenvalue weighted by atomic mass is 32.1. The molecular weight excluding hydrogens is 406 g/mol. The van der Waals surface area contributed by atoms with Crippen LogP contribution in [0.25, 0.3) is 0 Å². The summed E-state index contributed by atoms with van der Waals surface area (Å²) in [4.78, 5) is 11.5. The van der Waals surface area contributed by atoms with Crippen molar-refractivity contribution in [2.75, 3.05) is 18.4 Å². The Hall–Kier alpha value is -2.76. The SMILES string of the molecule is N#Cc1ccc(Nc2nc(C3CCCN(Cc4cnn(C5CCCC5)c4)C3)cs2)cn1. The van der Waals surface area contributed by atoms with Crippen molar-refractivity contribution in [1.29, 1.82) is 5.26 Å². The fourth-order valence-corrected chi connectivity index (χ4v) is 5.53. The third kappa shape index (κ3) is 4.78. The smallest absolute Gasteiger partial charge is 0.187 e. The van der Waals surface area contributed by atoms with Crippen LogP contribution in [-0.2, 0) is 6.54 Å². The van der Waals surface area contributed by atoms with Crippen molar-refractivity contribution in [2.24, 2.45) is 0 Å². The third-order valence-electron chi connectivity index (χ3n) is 6.34. The Morgan fingerprint density at radius 3 is 2.87 bits per heavy atom. The molecule has 1 atom stereocenters. The lowest BCUT2D eigenvalue weighted by atomic mass is 9.95. The molecule has 3 aromatic heterocycles. The van der Waals surface area contributed by atoms with E-state index < -0.39 is 0 Å². The van der Waals surface area contributed by atoms with Gasteiger partial charge in [0.05, 0.1) is 29.8 Å². The second-order valence-corrected chi connectivity index (χ2v) is 9.45. The number of rotatable bonds is 6. The zero-order valence-corrected chi connectivity index (χ0v) is 18.4. The number of likely N-dealkylation sites (tertiary alicyclic amines) is 1. The minimum absolute atomic E-state index is 0.418. The monoisotopic (exact) mass is 433 g/mol. The molecule has 0 bridgehead atoms. The van der Waals surface area contributed by atoms with Crippen LogP contribution in [0, 0.1) is 11.3 Å². The van der Waals surface area contributed by atoms with Gasteiger partial charge in [-0.05, 0) is 44.4 Å². The van der Waals surface area contributed by atoms with Gasteiger partial charge in [0.15, 0.2) is 5.13 Å². The average Bonchev–Trinajstić information content (AvgIpc) is 3.56. The summed E-state index contributed by atoms with van der Waals surface area (Å²) in [6.07, 6.45) is 13.6. The Kier molecular flexibility index (Phi) is 5.96. The maximum atomic E-state index is 8.88. The Morgan fingerprint density at radius 2 is 2.06 bits per heavy atom. The van der Waals surface area contributed by atoms with Crippen LogP contribution >= 0.6 is 11.3 Å². The molecule has 0 spiro atoms. The summed E-state index contributed by atoms with van der Waals surface area (Å²) in [6.45, 7) is 3.14. The van der Waals surface area contributed by atoms with Gasteiger partial charge in [-0.15, -0.1) is 11.3 Å². The predicted molar refractivity (Wildman–Crippen MR) is 121 cm³/mol. The number of hydrogen-bond acceptors (Lipinski definition) is 7. The number of nitrogens with one attached hydrogen (secondary N) is 1. The largest absolute Gasteiger partial charge is 0.330 e. The first kappa shape index (κ1) is 20.2. The molecule has 0 amide bonds. The number of aromatic nitrogens is 4. The number of nitriles is 1. The molecule has 1 N–H and O–H groups in total. The van der Waals surface area contributed by atoms with Crippen LogP contribution in [0.2, 0.25) is 0 Å². The molecular formula is C23H27N7S. The van der Waals surface area contributed by atoms with Gasteiger partial charge in [-0.1, -0.05) is 12.8 Å². The molecule has 5 rings (SSSR count). The van der Waals surface area contributed by atoms with E-state index in [1.54, 1.807) is 23.6 Å². The first-order valence-electron chi connectivity index (χ1n) is 11.1. The average molecular weight is 434 g/mol. The molecule has 1 aliphatic carbocycles. The van der Waals surface area contributed by atoms with Gasteiger partial charge in [-0.25, -0.2) is 9.97 Å². The lowest BCUT2D eigenvalue weighted by molar-refractivity contribution is 0.198. The molecule has 1 aliphatic heterocycles. The van der Waals surface area contributed by atoms with Gasteiger partial charge in [0, 0.05) is 36.1 Å². The van der Waals surface area contributed by atoms with Crippen molar-refractivity contribution < 1.29 is 0 Å². The van der Waals surface area contributed by atoms with E-state index in [0.717, 1.165) is 30.5 Å². The minimum Gasteiger partial charge on any atom is -0.330 e. The van der Waals surface area contributed by atoms with E-state index in [1.807, 2.05) is 12.1 Å². The minimum atomic E-state index is 0.418. The van der Waals surface area contributed by atoms with E-state index in [2.05, 4.69) is 42.8 Å². The number of anilines is 2. The first-order valence-corrected chi connectivity index (χ1v) is 12.0. The molecule has 1 saturated carbocycles. The summed E-state index contributed by atoms with van der Waals surface area (Å²) in [5.41, 5.74) is 3.76. The number of nitrogens with zero attached hydrogens (tertiary/aromatic N) is 6. The third-order valence-corrected chi connectivity index (χ3v) is 7.11. The zero-order chi connectivity index (χ0) is 21.0. The van der Waals surface area contributed by atoms with E-state index in [0.29, 0.717) is 17.7 Å². The number of hydrogen-bond donors (Lipinski definition) is 1. The van der Waals surface area contributed by atoms with E-state index in [-0.39, 0.29) is 0 Å². The van der Waals surface area contributed by atoms with Crippen molar-refractivity contribution in [1.82, 2.24) is 24.6 Å². The van der Waals surface area contributed by atoms with Crippen molar-refractivity contribution in [2.45, 2.75) is 57.0 Å². The van der Waals surface area contributed by atoms with Gasteiger partial charge in [0.25, 0.3) is 0 Å². The van der Waals surface area contributed by atoms with E-state index >= 15 is 0 Å². The molecule has 160 valence electrons. The molecule has 0 radical (unpaired) electrons. The van der Waals surface area contributed by atoms with Gasteiger partial charge in [-0.2, -0.15) is 10.4 Å². The van der Waals surface area contributed by atoms with Crippen molar-refractivity contribution in [3.8, 4) is 6.07 Å². The highest BCUT2D eigenvalue weighted by Crippen LogP contribution is 2.32. The Morgan fingerprint density at radius 1 is 1.16 bits per heavy atom. The summed E-state index contributed by atoms with van der Waals surface area (Å²) in [5, 5.41) is 19.9. The molecule has 1 saturated heterocycles. The van der Waals surface area contributed by atoms with Gasteiger partial charge < -0.3 is 5.32 Å². The van der Waals surface area contributed by atoms with Crippen molar-refractivity contribution in [3.05, 3.63) is 53.1 Å². The standard InChI is InChI=1S/C23H27N7S/c24-10-19-7-8-20(12-25-19)27-23-28-22(16-31-23)18-4-3-9-29(15-18)13-17-11-26-30(14-17)21-5-1-2-6-21/h7-8,11-12,14,16,18,21H,1-6,9,13,15H2,(H,27,28). The summed E-state index contributed by atoms with van der Waals surface area (Å²) in [6, 6.07) is 6.22. The second kappa shape index (κ2) is 9.16. The molecule has 4 heterocycles. The Labute approximate surface area is 186 Å². The van der Waals surface area contributed by atoms with Crippen LogP contribution in [-0.4, -0.2) is 37.7 Å². The topological polar surface area (TPSA) is 82.7 Å². The Bertz CT molecular complexity index is 1040. The molecule has 7 nitrogen and oxygen atoms in total. The molecule has 0 aromatic carbocycles. The number of piperidine rings is 1. The predicted octanol–water partition coefficient (Wildman–Crippen LogP) is 4.84. The van der Waals surface area contributed by atoms with Crippen molar-refractivity contribution in [3.63, 3.8) is 0 Å². The highest BCUT2D eigenvalue weighted by molar-refractivity contribution is 7.13. The quantitative estimate of drug-likeness (QED) is 0.599. The van der Waals surface area contributed by atoms with Crippen LogP contribution in [0.4, 0.5) is 10.8 Å². The second-order valence-electron chi connectivity index (χ2n) is 8.59. The van der Waals surface area contributed by atoms with Crippen LogP contribution in [0.15, 0.2) is 36.1 Å².